The zero-order valence-electron chi connectivity index (χ0n) is 8.72. The fourth-order valence-corrected chi connectivity index (χ4v) is 0.777. The van der Waals surface area contributed by atoms with Gasteiger partial charge in [-0.15, -0.1) is 0 Å². The molecule has 0 radical (unpaired) electrons. The maximum atomic E-state index is 12.8. The van der Waals surface area contributed by atoms with E-state index >= 15 is 0 Å². The van der Waals surface area contributed by atoms with Crippen LogP contribution in [0.25, 0.3) is 0 Å². The lowest BCUT2D eigenvalue weighted by Crippen LogP contribution is -2.30. The lowest BCUT2D eigenvalue weighted by atomic mass is 10.4. The average Bonchev–Trinajstić information content (AvgIpc) is 2.15. The van der Waals surface area contributed by atoms with Crippen LogP contribution in [-0.2, 0) is 14.2 Å². The first kappa shape index (κ1) is 13.7. The fourth-order valence-electron chi connectivity index (χ4n) is 0.777. The summed E-state index contributed by atoms with van der Waals surface area (Å²) in [5.41, 5.74) is 0. The molecule has 0 fully saturated rings. The Kier molecular flexibility index (Phi) is 7.93. The highest BCUT2D eigenvalue weighted by molar-refractivity contribution is 4.63. The SMILES string of the molecule is CCOCCOCC(F)(F)COCC. The van der Waals surface area contributed by atoms with Crippen molar-refractivity contribution in [1.29, 1.82) is 0 Å². The Hall–Kier alpha value is -0.260. The molecule has 0 aliphatic carbocycles. The van der Waals surface area contributed by atoms with Crippen LogP contribution >= 0.6 is 0 Å². The third kappa shape index (κ3) is 8.34. The van der Waals surface area contributed by atoms with E-state index in [0.29, 0.717) is 13.2 Å². The van der Waals surface area contributed by atoms with Gasteiger partial charge in [0.25, 0.3) is 5.92 Å². The van der Waals surface area contributed by atoms with E-state index in [1.165, 1.54) is 0 Å². The zero-order chi connectivity index (χ0) is 10.9. The summed E-state index contributed by atoms with van der Waals surface area (Å²) in [6.07, 6.45) is 0. The molecule has 0 aromatic carbocycles. The second-order valence-electron chi connectivity index (χ2n) is 2.74. The smallest absolute Gasteiger partial charge is 0.293 e. The minimum absolute atomic E-state index is 0.190. The molecule has 0 N–H and O–H groups in total. The second kappa shape index (κ2) is 8.08. The van der Waals surface area contributed by atoms with Crippen molar-refractivity contribution in [3.05, 3.63) is 0 Å². The molecule has 3 nitrogen and oxygen atoms in total. The molecule has 0 amide bonds. The largest absolute Gasteiger partial charge is 0.379 e. The third-order valence-corrected chi connectivity index (χ3v) is 1.41. The van der Waals surface area contributed by atoms with E-state index in [9.17, 15) is 8.78 Å². The van der Waals surface area contributed by atoms with Crippen LogP contribution in [0.1, 0.15) is 13.8 Å². The summed E-state index contributed by atoms with van der Waals surface area (Å²) >= 11 is 0. The monoisotopic (exact) mass is 212 g/mol. The molecule has 0 heterocycles. The van der Waals surface area contributed by atoms with Crippen molar-refractivity contribution in [2.75, 3.05) is 39.6 Å². The van der Waals surface area contributed by atoms with Crippen LogP contribution in [-0.4, -0.2) is 45.6 Å². The number of hydrogen-bond acceptors (Lipinski definition) is 3. The van der Waals surface area contributed by atoms with E-state index in [1.807, 2.05) is 6.92 Å². The quantitative estimate of drug-likeness (QED) is 0.544. The minimum atomic E-state index is -2.90. The van der Waals surface area contributed by atoms with Crippen LogP contribution in [0.4, 0.5) is 8.78 Å². The first-order valence-corrected chi connectivity index (χ1v) is 4.73. The predicted molar refractivity (Wildman–Crippen MR) is 48.8 cm³/mol. The Morgan fingerprint density at radius 2 is 1.36 bits per heavy atom. The Labute approximate surface area is 83.3 Å². The topological polar surface area (TPSA) is 27.7 Å². The van der Waals surface area contributed by atoms with E-state index in [4.69, 9.17) is 9.47 Å². The van der Waals surface area contributed by atoms with Gasteiger partial charge in [0.15, 0.2) is 0 Å². The van der Waals surface area contributed by atoms with Crippen molar-refractivity contribution in [1.82, 2.24) is 0 Å². The Morgan fingerprint density at radius 3 is 1.93 bits per heavy atom. The van der Waals surface area contributed by atoms with Gasteiger partial charge in [-0.05, 0) is 13.8 Å². The molecule has 0 atom stereocenters. The molecule has 0 bridgehead atoms. The van der Waals surface area contributed by atoms with Gasteiger partial charge in [-0.1, -0.05) is 0 Å². The fraction of sp³-hybridized carbons (Fsp3) is 1.00. The zero-order valence-corrected chi connectivity index (χ0v) is 8.72. The molecular weight excluding hydrogens is 194 g/mol. The third-order valence-electron chi connectivity index (χ3n) is 1.41. The van der Waals surface area contributed by atoms with Crippen LogP contribution in [0.5, 0.6) is 0 Å². The molecule has 0 aromatic heterocycles. The van der Waals surface area contributed by atoms with Gasteiger partial charge in [-0.3, -0.25) is 0 Å². The van der Waals surface area contributed by atoms with Crippen LogP contribution < -0.4 is 0 Å². The number of hydrogen-bond donors (Lipinski definition) is 0. The molecule has 0 unspecified atom stereocenters. The van der Waals surface area contributed by atoms with Gasteiger partial charge in [0.2, 0.25) is 0 Å². The van der Waals surface area contributed by atoms with Gasteiger partial charge in [-0.25, -0.2) is 8.78 Å². The maximum Gasteiger partial charge on any atom is 0.293 e. The summed E-state index contributed by atoms with van der Waals surface area (Å²) in [7, 11) is 0. The van der Waals surface area contributed by atoms with Gasteiger partial charge in [0, 0.05) is 13.2 Å². The molecule has 0 spiro atoms. The number of ether oxygens (including phenoxy) is 3. The van der Waals surface area contributed by atoms with Crippen molar-refractivity contribution < 1.29 is 23.0 Å². The molecule has 0 rings (SSSR count). The van der Waals surface area contributed by atoms with Crippen molar-refractivity contribution in [2.45, 2.75) is 19.8 Å². The van der Waals surface area contributed by atoms with Crippen LogP contribution in [0.15, 0.2) is 0 Å². The molecule has 5 heteroatoms. The maximum absolute atomic E-state index is 12.8. The summed E-state index contributed by atoms with van der Waals surface area (Å²) < 4.78 is 39.9. The summed E-state index contributed by atoms with van der Waals surface area (Å²) in [4.78, 5) is 0. The lowest BCUT2D eigenvalue weighted by Gasteiger charge is -2.15. The van der Waals surface area contributed by atoms with Gasteiger partial charge in [-0.2, -0.15) is 0 Å². The molecule has 86 valence electrons. The van der Waals surface area contributed by atoms with E-state index in [1.54, 1.807) is 6.92 Å². The molecule has 0 saturated carbocycles. The molecule has 0 saturated heterocycles. The molecule has 14 heavy (non-hydrogen) atoms. The van der Waals surface area contributed by atoms with Crippen LogP contribution in [0.2, 0.25) is 0 Å². The summed E-state index contributed by atoms with van der Waals surface area (Å²) in [6.45, 7) is 3.71. The van der Waals surface area contributed by atoms with E-state index in [2.05, 4.69) is 4.74 Å². The van der Waals surface area contributed by atoms with E-state index in [-0.39, 0.29) is 13.2 Å². The molecule has 0 aliphatic heterocycles. The van der Waals surface area contributed by atoms with Crippen molar-refractivity contribution in [3.63, 3.8) is 0 Å². The normalized spacial score (nSPS) is 12.0. The lowest BCUT2D eigenvalue weighted by molar-refractivity contribution is -0.126. The molecule has 0 aromatic rings. The predicted octanol–water partition coefficient (Wildman–Crippen LogP) is 1.71. The summed E-state index contributed by atoms with van der Waals surface area (Å²) in [6, 6.07) is 0. The van der Waals surface area contributed by atoms with Gasteiger partial charge >= 0.3 is 0 Å². The highest BCUT2D eigenvalue weighted by Gasteiger charge is 2.29. The summed E-state index contributed by atoms with van der Waals surface area (Å²) in [5, 5.41) is 0. The Balaban J connectivity index is 3.35. The number of halogens is 2. The highest BCUT2D eigenvalue weighted by Crippen LogP contribution is 2.13. The van der Waals surface area contributed by atoms with Gasteiger partial charge in [0.1, 0.15) is 13.2 Å². The molecular formula is C9H18F2O3. The second-order valence-corrected chi connectivity index (χ2v) is 2.74. The van der Waals surface area contributed by atoms with Gasteiger partial charge < -0.3 is 14.2 Å². The highest BCUT2D eigenvalue weighted by atomic mass is 19.3. The molecule has 0 aliphatic rings. The standard InChI is InChI=1S/C9H18F2O3/c1-3-12-5-6-14-8-9(10,11)7-13-4-2/h3-8H2,1-2H3. The van der Waals surface area contributed by atoms with E-state index in [0.717, 1.165) is 0 Å². The first-order chi connectivity index (χ1) is 6.62. The average molecular weight is 212 g/mol. The minimum Gasteiger partial charge on any atom is -0.379 e. The van der Waals surface area contributed by atoms with Crippen molar-refractivity contribution in [3.8, 4) is 0 Å². The van der Waals surface area contributed by atoms with Crippen molar-refractivity contribution in [2.24, 2.45) is 0 Å². The summed E-state index contributed by atoms with van der Waals surface area (Å²) in [5.74, 6) is -2.90. The first-order valence-electron chi connectivity index (χ1n) is 4.73. The van der Waals surface area contributed by atoms with Crippen LogP contribution in [0, 0.1) is 0 Å². The Bertz CT molecular complexity index is 131. The van der Waals surface area contributed by atoms with E-state index < -0.39 is 19.1 Å². The van der Waals surface area contributed by atoms with Gasteiger partial charge in [0.05, 0.1) is 13.2 Å². The van der Waals surface area contributed by atoms with Crippen LogP contribution in [0.3, 0.4) is 0 Å². The number of rotatable bonds is 9. The van der Waals surface area contributed by atoms with Crippen molar-refractivity contribution >= 4 is 0 Å². The Morgan fingerprint density at radius 1 is 0.857 bits per heavy atom. The number of alkyl halides is 2.